The summed E-state index contributed by atoms with van der Waals surface area (Å²) in [6, 6.07) is 9.35. The number of rotatable bonds is 5. The van der Waals surface area contributed by atoms with Crippen LogP contribution in [0.3, 0.4) is 0 Å². The highest BCUT2D eigenvalue weighted by molar-refractivity contribution is 7.80. The van der Waals surface area contributed by atoms with Gasteiger partial charge in [0, 0.05) is 17.4 Å². The average Bonchev–Trinajstić information content (AvgIpc) is 2.38. The molecule has 0 radical (unpaired) electrons. The van der Waals surface area contributed by atoms with E-state index < -0.39 is 0 Å². The zero-order chi connectivity index (χ0) is 14.5. The molecule has 0 unspecified atom stereocenters. The van der Waals surface area contributed by atoms with Gasteiger partial charge in [-0.3, -0.25) is 0 Å². The van der Waals surface area contributed by atoms with Crippen molar-refractivity contribution >= 4 is 28.8 Å². The third-order valence-electron chi connectivity index (χ3n) is 2.51. The molecule has 3 N–H and O–H groups in total. The van der Waals surface area contributed by atoms with Gasteiger partial charge in [0.15, 0.2) is 0 Å². The summed E-state index contributed by atoms with van der Waals surface area (Å²) in [6.45, 7) is 4.43. The molecule has 1 aromatic heterocycles. The van der Waals surface area contributed by atoms with Gasteiger partial charge in [-0.05, 0) is 32.0 Å². The Morgan fingerprint density at radius 1 is 1.35 bits per heavy atom. The Morgan fingerprint density at radius 3 is 2.85 bits per heavy atom. The summed E-state index contributed by atoms with van der Waals surface area (Å²) < 4.78 is 5.45. The Hall–Kier alpha value is -2.21. The second-order valence-corrected chi connectivity index (χ2v) is 4.61. The molecular weight excluding hydrogens is 272 g/mol. The van der Waals surface area contributed by atoms with Gasteiger partial charge in [-0.15, -0.1) is 0 Å². The molecule has 5 nitrogen and oxygen atoms in total. The lowest BCUT2D eigenvalue weighted by Crippen LogP contribution is -2.13. The molecule has 0 aliphatic heterocycles. The minimum Gasteiger partial charge on any atom is -0.494 e. The third-order valence-corrected chi connectivity index (χ3v) is 2.72. The van der Waals surface area contributed by atoms with Crippen LogP contribution >= 0.6 is 12.2 Å². The summed E-state index contributed by atoms with van der Waals surface area (Å²) in [4.78, 5) is 8.84. The summed E-state index contributed by atoms with van der Waals surface area (Å²) in [5, 5.41) is 3.12. The van der Waals surface area contributed by atoms with E-state index in [4.69, 9.17) is 22.7 Å². The summed E-state index contributed by atoms with van der Waals surface area (Å²) in [5.74, 6) is 1.25. The van der Waals surface area contributed by atoms with Crippen molar-refractivity contribution in [2.75, 3.05) is 11.9 Å². The van der Waals surface area contributed by atoms with Gasteiger partial charge in [-0.2, -0.15) is 0 Å². The molecule has 0 atom stereocenters. The summed E-state index contributed by atoms with van der Waals surface area (Å²) >= 11 is 4.94. The van der Waals surface area contributed by atoms with Crippen LogP contribution < -0.4 is 15.8 Å². The van der Waals surface area contributed by atoms with Gasteiger partial charge in [-0.1, -0.05) is 18.3 Å². The lowest BCUT2D eigenvalue weighted by molar-refractivity contribution is 0.340. The van der Waals surface area contributed by atoms with E-state index in [0.717, 1.165) is 17.1 Å². The maximum atomic E-state index is 5.60. The van der Waals surface area contributed by atoms with Crippen molar-refractivity contribution in [1.82, 2.24) is 9.97 Å². The topological polar surface area (TPSA) is 73.1 Å². The molecule has 2 rings (SSSR count). The van der Waals surface area contributed by atoms with Crippen LogP contribution in [0.5, 0.6) is 5.75 Å². The standard InChI is InChI=1S/C14H16N4OS/c1-3-19-11-6-4-5-10(8-11)17-14-16-9(2)7-12(18-14)13(15)20/h4-8H,3H2,1-2H3,(H2,15,20)(H,16,17,18). The molecule has 0 aliphatic rings. The van der Waals surface area contributed by atoms with Crippen molar-refractivity contribution in [3.63, 3.8) is 0 Å². The van der Waals surface area contributed by atoms with Crippen LogP contribution in [-0.4, -0.2) is 21.6 Å². The SMILES string of the molecule is CCOc1cccc(Nc2nc(C)cc(C(N)=S)n2)c1. The number of thiocarbonyl (C=S) groups is 1. The fourth-order valence-electron chi connectivity index (χ4n) is 1.71. The fourth-order valence-corrected chi connectivity index (χ4v) is 1.81. The summed E-state index contributed by atoms with van der Waals surface area (Å²) in [5.41, 5.74) is 7.79. The van der Waals surface area contributed by atoms with E-state index in [1.807, 2.05) is 38.1 Å². The average molecular weight is 288 g/mol. The molecule has 20 heavy (non-hydrogen) atoms. The van der Waals surface area contributed by atoms with Gasteiger partial charge < -0.3 is 15.8 Å². The predicted molar refractivity (Wildman–Crippen MR) is 83.6 cm³/mol. The normalized spacial score (nSPS) is 10.1. The molecule has 0 amide bonds. The van der Waals surface area contributed by atoms with Gasteiger partial charge in [0.2, 0.25) is 5.95 Å². The van der Waals surface area contributed by atoms with Crippen molar-refractivity contribution in [2.24, 2.45) is 5.73 Å². The molecule has 6 heteroatoms. The Kier molecular flexibility index (Phi) is 4.47. The molecule has 0 spiro atoms. The zero-order valence-corrected chi connectivity index (χ0v) is 12.2. The van der Waals surface area contributed by atoms with E-state index in [-0.39, 0.29) is 4.99 Å². The second-order valence-electron chi connectivity index (χ2n) is 4.17. The van der Waals surface area contributed by atoms with Crippen molar-refractivity contribution in [1.29, 1.82) is 0 Å². The largest absolute Gasteiger partial charge is 0.494 e. The van der Waals surface area contributed by atoms with Crippen LogP contribution in [0.1, 0.15) is 18.3 Å². The number of nitrogens with one attached hydrogen (secondary N) is 1. The molecule has 0 bridgehead atoms. The number of ether oxygens (including phenoxy) is 1. The van der Waals surface area contributed by atoms with Gasteiger partial charge in [-0.25, -0.2) is 9.97 Å². The van der Waals surface area contributed by atoms with E-state index in [0.29, 0.717) is 18.2 Å². The molecule has 0 saturated heterocycles. The second kappa shape index (κ2) is 6.29. The van der Waals surface area contributed by atoms with Gasteiger partial charge in [0.1, 0.15) is 16.4 Å². The van der Waals surface area contributed by atoms with Crippen LogP contribution in [0.15, 0.2) is 30.3 Å². The van der Waals surface area contributed by atoms with Crippen LogP contribution in [0.2, 0.25) is 0 Å². The maximum absolute atomic E-state index is 5.60. The monoisotopic (exact) mass is 288 g/mol. The first-order valence-electron chi connectivity index (χ1n) is 6.24. The van der Waals surface area contributed by atoms with E-state index in [1.54, 1.807) is 6.07 Å². The third kappa shape index (κ3) is 3.64. The zero-order valence-electron chi connectivity index (χ0n) is 11.4. The van der Waals surface area contributed by atoms with Crippen LogP contribution in [-0.2, 0) is 0 Å². The molecule has 2 aromatic rings. The highest BCUT2D eigenvalue weighted by atomic mass is 32.1. The Balaban J connectivity index is 2.25. The van der Waals surface area contributed by atoms with Gasteiger partial charge in [0.05, 0.1) is 6.61 Å². The lowest BCUT2D eigenvalue weighted by atomic mass is 10.3. The van der Waals surface area contributed by atoms with E-state index in [2.05, 4.69) is 15.3 Å². The first-order valence-corrected chi connectivity index (χ1v) is 6.64. The summed E-state index contributed by atoms with van der Waals surface area (Å²) in [6.07, 6.45) is 0. The van der Waals surface area contributed by atoms with Gasteiger partial charge >= 0.3 is 0 Å². The first-order chi connectivity index (χ1) is 9.58. The number of hydrogen-bond donors (Lipinski definition) is 2. The highest BCUT2D eigenvalue weighted by Gasteiger charge is 2.05. The van der Waals surface area contributed by atoms with E-state index in [9.17, 15) is 0 Å². The van der Waals surface area contributed by atoms with Crippen LogP contribution in [0, 0.1) is 6.92 Å². The predicted octanol–water partition coefficient (Wildman–Crippen LogP) is 2.56. The number of aryl methyl sites for hydroxylation is 1. The Bertz CT molecular complexity index is 630. The van der Waals surface area contributed by atoms with Crippen molar-refractivity contribution in [3.05, 3.63) is 41.7 Å². The van der Waals surface area contributed by atoms with E-state index in [1.165, 1.54) is 0 Å². The van der Waals surface area contributed by atoms with Crippen molar-refractivity contribution in [3.8, 4) is 5.75 Å². The Morgan fingerprint density at radius 2 is 2.15 bits per heavy atom. The van der Waals surface area contributed by atoms with Crippen molar-refractivity contribution < 1.29 is 4.74 Å². The first kappa shape index (κ1) is 14.2. The number of nitrogens with zero attached hydrogens (tertiary/aromatic N) is 2. The molecule has 0 saturated carbocycles. The fraction of sp³-hybridized carbons (Fsp3) is 0.214. The number of hydrogen-bond acceptors (Lipinski definition) is 5. The quantitative estimate of drug-likeness (QED) is 0.824. The van der Waals surface area contributed by atoms with Crippen molar-refractivity contribution in [2.45, 2.75) is 13.8 Å². The Labute approximate surface area is 123 Å². The minimum absolute atomic E-state index is 0.251. The molecule has 0 fully saturated rings. The molecular formula is C14H16N4OS. The number of benzene rings is 1. The van der Waals surface area contributed by atoms with E-state index >= 15 is 0 Å². The summed E-state index contributed by atoms with van der Waals surface area (Å²) in [7, 11) is 0. The number of anilines is 2. The number of aromatic nitrogens is 2. The molecule has 1 aromatic carbocycles. The van der Waals surface area contributed by atoms with Crippen LogP contribution in [0.25, 0.3) is 0 Å². The van der Waals surface area contributed by atoms with Crippen LogP contribution in [0.4, 0.5) is 11.6 Å². The van der Waals surface area contributed by atoms with Gasteiger partial charge in [0.25, 0.3) is 0 Å². The minimum atomic E-state index is 0.251. The maximum Gasteiger partial charge on any atom is 0.228 e. The molecule has 104 valence electrons. The highest BCUT2D eigenvalue weighted by Crippen LogP contribution is 2.20. The lowest BCUT2D eigenvalue weighted by Gasteiger charge is -2.09. The molecule has 1 heterocycles. The smallest absolute Gasteiger partial charge is 0.228 e. The number of nitrogens with two attached hydrogens (primary N) is 1. The molecule has 0 aliphatic carbocycles.